The molecule has 5 nitrogen and oxygen atoms in total. The topological polar surface area (TPSA) is 69.4 Å². The highest BCUT2D eigenvalue weighted by Crippen LogP contribution is 2.27. The van der Waals surface area contributed by atoms with Gasteiger partial charge in [-0.2, -0.15) is 0 Å². The molecule has 1 aliphatic rings. The summed E-state index contributed by atoms with van der Waals surface area (Å²) >= 11 is 0. The molecule has 19 heavy (non-hydrogen) atoms. The van der Waals surface area contributed by atoms with Gasteiger partial charge in [0.15, 0.2) is 5.65 Å². The molecule has 1 fully saturated rings. The minimum atomic E-state index is 0.766. The number of rotatable bonds is 2. The summed E-state index contributed by atoms with van der Waals surface area (Å²) in [5, 5.41) is 12.4. The molecular weight excluding hydrogens is 238 g/mol. The average Bonchev–Trinajstić information content (AvgIpc) is 3.06. The lowest BCUT2D eigenvalue weighted by Gasteiger charge is -2.22. The van der Waals surface area contributed by atoms with Gasteiger partial charge < -0.3 is 10.4 Å². The third kappa shape index (κ3) is 1.81. The second-order valence-electron chi connectivity index (χ2n) is 5.36. The first kappa shape index (κ1) is 11.0. The van der Waals surface area contributed by atoms with Crippen LogP contribution in [0.25, 0.3) is 21.9 Å². The first-order valence-electron chi connectivity index (χ1n) is 6.91. The molecule has 0 bridgehead atoms. The molecule has 3 aromatic rings. The largest absolute Gasteiger partial charge is 0.317 e. The average molecular weight is 255 g/mol. The summed E-state index contributed by atoms with van der Waals surface area (Å²) in [6, 6.07) is 2.05. The van der Waals surface area contributed by atoms with Gasteiger partial charge in [0.05, 0.1) is 11.7 Å². The van der Waals surface area contributed by atoms with Crippen molar-refractivity contribution < 1.29 is 0 Å². The molecule has 0 saturated carbocycles. The van der Waals surface area contributed by atoms with Crippen LogP contribution in [0.3, 0.4) is 0 Å². The summed E-state index contributed by atoms with van der Waals surface area (Å²) < 4.78 is 0. The second kappa shape index (κ2) is 4.35. The van der Waals surface area contributed by atoms with E-state index in [1.807, 2.05) is 12.4 Å². The lowest BCUT2D eigenvalue weighted by atomic mass is 9.92. The van der Waals surface area contributed by atoms with Gasteiger partial charge in [0.25, 0.3) is 0 Å². The summed E-state index contributed by atoms with van der Waals surface area (Å²) in [5.74, 6) is 0.766. The van der Waals surface area contributed by atoms with E-state index >= 15 is 0 Å². The molecule has 0 aliphatic carbocycles. The number of nitrogens with one attached hydrogen (secondary N) is 3. The van der Waals surface area contributed by atoms with Gasteiger partial charge in [-0.1, -0.05) is 0 Å². The summed E-state index contributed by atoms with van der Waals surface area (Å²) in [7, 11) is 0. The van der Waals surface area contributed by atoms with E-state index in [2.05, 4.69) is 31.5 Å². The van der Waals surface area contributed by atoms with Crippen LogP contribution < -0.4 is 5.32 Å². The molecule has 0 atom stereocenters. The number of hydrogen-bond donors (Lipinski definition) is 3. The standard InChI is InChI=1S/C14H17N5/c1-4-15-5-2-9(1)7-11-13-10-3-6-16-14(10)17-8-12(13)19-18-11/h3,6,8-9,15,18-19H,1-2,4-5,7H2. The zero-order chi connectivity index (χ0) is 12.7. The normalized spacial score (nSPS) is 17.5. The van der Waals surface area contributed by atoms with Crippen LogP contribution in [-0.2, 0) is 6.42 Å². The Kier molecular flexibility index (Phi) is 2.51. The lowest BCUT2D eigenvalue weighted by molar-refractivity contribution is 0.371. The number of piperidine rings is 1. The van der Waals surface area contributed by atoms with Gasteiger partial charge in [-0.15, -0.1) is 0 Å². The van der Waals surface area contributed by atoms with Crippen molar-refractivity contribution in [1.82, 2.24) is 25.5 Å². The molecule has 0 radical (unpaired) electrons. The number of fused-ring (bicyclic) bond motifs is 3. The van der Waals surface area contributed by atoms with Crippen molar-refractivity contribution in [2.75, 3.05) is 13.1 Å². The third-order valence-electron chi connectivity index (χ3n) is 4.13. The molecule has 4 heterocycles. The van der Waals surface area contributed by atoms with Gasteiger partial charge in [-0.3, -0.25) is 5.10 Å². The van der Waals surface area contributed by atoms with E-state index < -0.39 is 0 Å². The van der Waals surface area contributed by atoms with Gasteiger partial charge >= 0.3 is 0 Å². The van der Waals surface area contributed by atoms with Crippen molar-refractivity contribution in [3.05, 3.63) is 24.2 Å². The van der Waals surface area contributed by atoms with Crippen molar-refractivity contribution in [1.29, 1.82) is 0 Å². The molecule has 3 N–H and O–H groups in total. The van der Waals surface area contributed by atoms with Gasteiger partial charge in [0.1, 0.15) is 0 Å². The Labute approximate surface area is 110 Å². The molecule has 4 rings (SSSR count). The predicted molar refractivity (Wildman–Crippen MR) is 75.0 cm³/mol. The minimum Gasteiger partial charge on any atom is -0.317 e. The van der Waals surface area contributed by atoms with E-state index in [0.717, 1.165) is 42.0 Å². The van der Waals surface area contributed by atoms with E-state index in [0.29, 0.717) is 0 Å². The Bertz CT molecular complexity index is 705. The fraction of sp³-hybridized carbons (Fsp3) is 0.429. The summed E-state index contributed by atoms with van der Waals surface area (Å²) in [5.41, 5.74) is 3.21. The van der Waals surface area contributed by atoms with Gasteiger partial charge in [0, 0.05) is 22.7 Å². The highest BCUT2D eigenvalue weighted by atomic mass is 15.1. The van der Waals surface area contributed by atoms with Crippen LogP contribution in [0, 0.1) is 5.92 Å². The van der Waals surface area contributed by atoms with E-state index in [1.54, 1.807) is 0 Å². The fourth-order valence-electron chi connectivity index (χ4n) is 3.11. The molecule has 1 saturated heterocycles. The van der Waals surface area contributed by atoms with Gasteiger partial charge in [0.2, 0.25) is 0 Å². The highest BCUT2D eigenvalue weighted by molar-refractivity contribution is 6.04. The quantitative estimate of drug-likeness (QED) is 0.656. The smallest absolute Gasteiger partial charge is 0.159 e. The number of H-pyrrole nitrogens is 2. The van der Waals surface area contributed by atoms with Crippen LogP contribution in [-0.4, -0.2) is 33.3 Å². The third-order valence-corrected chi connectivity index (χ3v) is 4.13. The first-order valence-corrected chi connectivity index (χ1v) is 6.91. The summed E-state index contributed by atoms with van der Waals surface area (Å²) in [4.78, 5) is 8.64. The van der Waals surface area contributed by atoms with Crippen LogP contribution in [0.15, 0.2) is 18.5 Å². The molecular formula is C14H17N5. The number of aromatic amines is 2. The minimum absolute atomic E-state index is 0.766. The fourth-order valence-corrected chi connectivity index (χ4v) is 3.11. The van der Waals surface area contributed by atoms with Crippen molar-refractivity contribution >= 4 is 21.9 Å². The second-order valence-corrected chi connectivity index (χ2v) is 5.36. The summed E-state index contributed by atoms with van der Waals surface area (Å²) in [6.07, 6.45) is 7.32. The number of pyridine rings is 1. The van der Waals surface area contributed by atoms with Crippen LogP contribution in [0.2, 0.25) is 0 Å². The lowest BCUT2D eigenvalue weighted by Crippen LogP contribution is -2.28. The van der Waals surface area contributed by atoms with Gasteiger partial charge in [-0.05, 0) is 44.3 Å². The predicted octanol–water partition coefficient (Wildman–Crippen LogP) is 1.98. The Morgan fingerprint density at radius 1 is 1.16 bits per heavy atom. The Hall–Kier alpha value is -1.88. The van der Waals surface area contributed by atoms with E-state index in [9.17, 15) is 0 Å². The number of aromatic nitrogens is 4. The van der Waals surface area contributed by atoms with Gasteiger partial charge in [-0.25, -0.2) is 9.97 Å². The maximum Gasteiger partial charge on any atom is 0.159 e. The Balaban J connectivity index is 1.78. The van der Waals surface area contributed by atoms with Crippen molar-refractivity contribution in [3.8, 4) is 0 Å². The zero-order valence-corrected chi connectivity index (χ0v) is 10.7. The maximum atomic E-state index is 4.36. The summed E-state index contributed by atoms with van der Waals surface area (Å²) in [6.45, 7) is 2.28. The van der Waals surface area contributed by atoms with Crippen LogP contribution in [0.5, 0.6) is 0 Å². The zero-order valence-electron chi connectivity index (χ0n) is 10.7. The van der Waals surface area contributed by atoms with Crippen LogP contribution >= 0.6 is 0 Å². The maximum absolute atomic E-state index is 4.36. The van der Waals surface area contributed by atoms with E-state index in [-0.39, 0.29) is 0 Å². The van der Waals surface area contributed by atoms with Crippen molar-refractivity contribution in [2.45, 2.75) is 19.3 Å². The molecule has 3 aromatic heterocycles. The SMILES string of the molecule is c1cc2c(n1)ncc1[nH][nH]c(CC3CCNCC3)c12. The van der Waals surface area contributed by atoms with Crippen molar-refractivity contribution in [2.24, 2.45) is 5.92 Å². The van der Waals surface area contributed by atoms with E-state index in [4.69, 9.17) is 0 Å². The number of hydrogen-bond acceptors (Lipinski definition) is 3. The molecule has 0 spiro atoms. The molecule has 0 unspecified atom stereocenters. The Morgan fingerprint density at radius 3 is 2.95 bits per heavy atom. The van der Waals surface area contributed by atoms with Crippen LogP contribution in [0.1, 0.15) is 18.5 Å². The molecule has 98 valence electrons. The van der Waals surface area contributed by atoms with E-state index in [1.165, 1.54) is 23.9 Å². The first-order chi connectivity index (χ1) is 9.42. The van der Waals surface area contributed by atoms with Crippen molar-refractivity contribution in [3.63, 3.8) is 0 Å². The Morgan fingerprint density at radius 2 is 2.05 bits per heavy atom. The van der Waals surface area contributed by atoms with Crippen LogP contribution in [0.4, 0.5) is 0 Å². The molecule has 1 aliphatic heterocycles. The highest BCUT2D eigenvalue weighted by Gasteiger charge is 2.17. The monoisotopic (exact) mass is 255 g/mol. The number of nitrogens with zero attached hydrogens (tertiary/aromatic N) is 2. The molecule has 0 amide bonds. The molecule has 0 aromatic carbocycles. The molecule has 5 heteroatoms.